The molecular formula is C118H111B2Br4KN6O5. The number of nitrogens with one attached hydrogen (secondary N) is 1. The van der Waals surface area contributed by atoms with Gasteiger partial charge < -0.3 is 48.9 Å². The van der Waals surface area contributed by atoms with E-state index in [1.165, 1.54) is 81.6 Å². The van der Waals surface area contributed by atoms with Gasteiger partial charge in [-0.3, -0.25) is 4.98 Å². The Morgan fingerprint density at radius 2 is 0.647 bits per heavy atom. The van der Waals surface area contributed by atoms with Crippen LogP contribution in [0.1, 0.15) is 85.5 Å². The van der Waals surface area contributed by atoms with E-state index in [1.54, 1.807) is 0 Å². The molecule has 0 aliphatic carbocycles. The van der Waals surface area contributed by atoms with Gasteiger partial charge in [-0.05, 0) is 276 Å². The van der Waals surface area contributed by atoms with Crippen LogP contribution in [0.25, 0.3) is 98.4 Å². The Morgan fingerprint density at radius 3 is 1.05 bits per heavy atom. The number of hydrogen-bond donors (Lipinski definition) is 1. The predicted octanol–water partition coefficient (Wildman–Crippen LogP) is 31.6. The zero-order chi connectivity index (χ0) is 92.4. The summed E-state index contributed by atoms with van der Waals surface area (Å²) >= 11 is 13.8. The topological polar surface area (TPSA) is 87.4 Å². The number of anilines is 8. The van der Waals surface area contributed by atoms with Gasteiger partial charge in [0.2, 0.25) is 0 Å². The number of rotatable bonds is 14. The van der Waals surface area contributed by atoms with Gasteiger partial charge in [-0.1, -0.05) is 311 Å². The van der Waals surface area contributed by atoms with E-state index >= 15 is 0 Å². The Hall–Kier alpha value is -10.8. The zero-order valence-electron chi connectivity index (χ0n) is 77.9. The first-order valence-electron chi connectivity index (χ1n) is 44.7. The number of para-hydroxylation sites is 7. The first kappa shape index (κ1) is 101. The Balaban J connectivity index is 0.000000146. The molecule has 0 radical (unpaired) electrons. The van der Waals surface area contributed by atoms with Crippen LogP contribution < -0.4 is 72.0 Å². The van der Waals surface area contributed by atoms with Crippen molar-refractivity contribution in [3.8, 4) is 22.5 Å². The van der Waals surface area contributed by atoms with Crippen LogP contribution in [0.2, 0.25) is 0 Å². The number of benzene rings is 17. The summed E-state index contributed by atoms with van der Waals surface area (Å²) < 4.78 is 38.2. The van der Waals surface area contributed by atoms with Crippen molar-refractivity contribution < 1.29 is 76.1 Å². The first-order chi connectivity index (χ1) is 64.4. The van der Waals surface area contributed by atoms with Crippen molar-refractivity contribution in [3.05, 3.63) is 443 Å². The maximum atomic E-state index is 6.24. The first-order valence-corrected chi connectivity index (χ1v) is 47.9. The molecule has 2 aliphatic rings. The number of hydrogen-bond acceptors (Lipinski definition) is 9. The number of fused-ring (bicyclic) bond motifs is 9. The van der Waals surface area contributed by atoms with E-state index in [4.69, 9.17) is 23.3 Å². The summed E-state index contributed by atoms with van der Waals surface area (Å²) in [6, 6.07) is 144. The molecule has 17 aromatic carbocycles. The van der Waals surface area contributed by atoms with Crippen LogP contribution >= 0.6 is 63.7 Å². The number of halogens is 4. The summed E-state index contributed by atoms with van der Waals surface area (Å²) in [6.07, 6.45) is 3.88. The Bertz CT molecular complexity index is 7120. The molecule has 11 nitrogen and oxygen atoms in total. The van der Waals surface area contributed by atoms with Crippen LogP contribution in [0, 0.1) is 0 Å². The average molecular weight is 2070 g/mol. The minimum atomic E-state index is -0.523. The maximum Gasteiger partial charge on any atom is 1.00 e. The Morgan fingerprint density at radius 1 is 0.324 bits per heavy atom. The summed E-state index contributed by atoms with van der Waals surface area (Å²) in [7, 11) is -0.887. The van der Waals surface area contributed by atoms with Gasteiger partial charge in [0.1, 0.15) is 0 Å². The largest absolute Gasteiger partial charge is 1.00 e. The fraction of sp³-hybridized carbons (Fsp3) is 0.144. The number of pyridine rings is 1. The fourth-order valence-electron chi connectivity index (χ4n) is 16.7. The Kier molecular flexibility index (Phi) is 33.6. The van der Waals surface area contributed by atoms with Crippen LogP contribution in [0.5, 0.6) is 0 Å². The van der Waals surface area contributed by atoms with Crippen molar-refractivity contribution in [2.24, 2.45) is 0 Å². The van der Waals surface area contributed by atoms with Gasteiger partial charge in [0, 0.05) is 125 Å². The fourth-order valence-corrected chi connectivity index (χ4v) is 17.8. The van der Waals surface area contributed by atoms with Crippen LogP contribution in [0.4, 0.5) is 45.5 Å². The van der Waals surface area contributed by atoms with E-state index in [9.17, 15) is 0 Å². The molecule has 20 aromatic rings. The van der Waals surface area contributed by atoms with Crippen molar-refractivity contribution in [2.75, 3.05) is 15.1 Å². The minimum Gasteiger partial charge on any atom is -1.00 e. The van der Waals surface area contributed by atoms with Crippen molar-refractivity contribution in [3.63, 3.8) is 0 Å². The van der Waals surface area contributed by atoms with Gasteiger partial charge in [0.15, 0.2) is 0 Å². The second-order valence-corrected chi connectivity index (χ2v) is 38.7. The third-order valence-corrected chi connectivity index (χ3v) is 26.7. The summed E-state index contributed by atoms with van der Waals surface area (Å²) in [4.78, 5) is 9.09. The standard InChI is InChI=1S/C35H22BrN3.C28H28BNO2.C22H16BrN.C16H13N.C9H19BO3.C6H4Br2.2CH4.K.H/c36-25-17-24(21-37-22-25)23-18-26(38-32-13-5-1-9-28(32)29-10-2-6-14-33(29)38)20-27(19-23)39-34-15-7-3-11-30(34)31-12-4-8-16-35(31)39;1-27(2)28(3,4)32-29(31-27)22-17-19-24(20-18-22)30(23-13-6-5-7-14-23)26-16-10-12-21-11-8-9-15-25(21)26;23-18-13-15-20(16-14-18)24(19-9-2-1-3-10-19)22-12-6-8-17-7-4-5-11-21(17)22;1-2-9-14(10-3-1)17-16-12-6-8-13-7-4-5-11-15(13)16;1-7(2)11-10-12-8(3,4)9(5,6)13-10;7-5-1-2-6(8)4-3-5;;;;/h1-22H;5-20H,1-4H3;1-16H;1-12,17H;7H,1-6H3;1-4H;2*1H4;;/q;;;;;;;;+1;-1. The van der Waals surface area contributed by atoms with E-state index in [0.717, 1.165) is 85.7 Å². The molecule has 22 rings (SSSR count). The molecule has 2 saturated heterocycles. The van der Waals surface area contributed by atoms with Crippen LogP contribution in [0.3, 0.4) is 0 Å². The monoisotopic (exact) mass is 2070 g/mol. The third-order valence-electron chi connectivity index (χ3n) is 24.7. The third kappa shape index (κ3) is 23.1. The summed E-state index contributed by atoms with van der Waals surface area (Å²) in [5.41, 5.74) is 18.0. The van der Waals surface area contributed by atoms with Crippen LogP contribution in [-0.4, -0.2) is 57.1 Å². The zero-order valence-corrected chi connectivity index (χ0v) is 86.4. The summed E-state index contributed by atoms with van der Waals surface area (Å²) in [5, 5.41) is 15.9. The molecule has 1 N–H and O–H groups in total. The summed E-state index contributed by atoms with van der Waals surface area (Å²) in [5.74, 6) is 0. The molecule has 5 heterocycles. The second kappa shape index (κ2) is 45.2. The maximum absolute atomic E-state index is 6.24. The van der Waals surface area contributed by atoms with E-state index in [-0.39, 0.29) is 103 Å². The average Bonchev–Trinajstić information content (AvgIpc) is 1.60. The Labute approximate surface area is 879 Å². The SMILES string of the molecule is Brc1ccc(Br)cc1.Brc1ccc(N(c2ccccc2)c2cccc3ccccc23)cc1.Brc1cncc(-c2cc(-n3c4ccccc4c4ccccc43)cc(-n3c4ccccc4c4ccccc43)c2)c1.C.C.CC(C)OB1OC(C)(C)C(C)(C)O1.CC1(C)OB(c2ccc(N(c3ccccc3)c3cccc4ccccc34)cc2)OC1(C)C.[H-].[K+].c1ccc(Nc2cccc3ccccc23)cc1. The molecule has 0 bridgehead atoms. The van der Waals surface area contributed by atoms with E-state index in [2.05, 4.69) is 479 Å². The van der Waals surface area contributed by atoms with Gasteiger partial charge in [-0.25, -0.2) is 0 Å². The van der Waals surface area contributed by atoms with Crippen molar-refractivity contribution in [2.45, 2.75) is 113 Å². The van der Waals surface area contributed by atoms with E-state index in [0.29, 0.717) is 0 Å². The molecule has 18 heteroatoms. The number of nitrogens with zero attached hydrogens (tertiary/aromatic N) is 5. The molecule has 0 spiro atoms. The normalized spacial score (nSPS) is 13.5. The van der Waals surface area contributed by atoms with Crippen molar-refractivity contribution >= 4 is 205 Å². The van der Waals surface area contributed by atoms with Gasteiger partial charge in [-0.15, -0.1) is 0 Å². The second-order valence-electron chi connectivity index (χ2n) is 35.0. The molecule has 0 saturated carbocycles. The van der Waals surface area contributed by atoms with Crippen molar-refractivity contribution in [1.29, 1.82) is 0 Å². The molecule has 2 fully saturated rings. The molecule has 3 aromatic heterocycles. The smallest absolute Gasteiger partial charge is 1.00 e. The molecular weight excluding hydrogens is 1960 g/mol. The minimum absolute atomic E-state index is 0. The van der Waals surface area contributed by atoms with Gasteiger partial charge in [0.25, 0.3) is 0 Å². The van der Waals surface area contributed by atoms with Crippen molar-refractivity contribution in [1.82, 2.24) is 14.1 Å². The summed E-state index contributed by atoms with van der Waals surface area (Å²) in [6.45, 7) is 20.3. The van der Waals surface area contributed by atoms with Gasteiger partial charge >= 0.3 is 65.8 Å². The van der Waals surface area contributed by atoms with Crippen LogP contribution in [0.15, 0.2) is 443 Å². The molecule has 2 aliphatic heterocycles. The molecule has 0 amide bonds. The molecule has 0 unspecified atom stereocenters. The van der Waals surface area contributed by atoms with Crippen LogP contribution in [-0.2, 0) is 23.3 Å². The molecule has 136 heavy (non-hydrogen) atoms. The van der Waals surface area contributed by atoms with Gasteiger partial charge in [-0.2, -0.15) is 0 Å². The van der Waals surface area contributed by atoms with Gasteiger partial charge in [0.05, 0.1) is 55.8 Å². The van der Waals surface area contributed by atoms with E-state index in [1.807, 2.05) is 109 Å². The van der Waals surface area contributed by atoms with E-state index < -0.39 is 7.32 Å². The molecule has 678 valence electrons. The molecule has 0 atom stereocenters. The predicted molar refractivity (Wildman–Crippen MR) is 589 cm³/mol. The quantitative estimate of drug-likeness (QED) is 0.107. The number of aromatic nitrogens is 3.